The van der Waals surface area contributed by atoms with Crippen molar-refractivity contribution in [1.29, 1.82) is 0 Å². The molecular weight excluding hydrogens is 564 g/mol. The molecule has 3 heterocycles. The summed E-state index contributed by atoms with van der Waals surface area (Å²) in [5.41, 5.74) is 4.06. The van der Waals surface area contributed by atoms with Crippen LogP contribution in [0.5, 0.6) is 0 Å². The molecule has 43 heavy (non-hydrogen) atoms. The van der Waals surface area contributed by atoms with Crippen LogP contribution in [0.3, 0.4) is 0 Å². The lowest BCUT2D eigenvalue weighted by Gasteiger charge is -2.19. The maximum absolute atomic E-state index is 12.8. The van der Waals surface area contributed by atoms with E-state index in [1.807, 2.05) is 48.9 Å². The Morgan fingerprint density at radius 2 is 1.84 bits per heavy atom. The van der Waals surface area contributed by atoms with Gasteiger partial charge in [0.1, 0.15) is 0 Å². The summed E-state index contributed by atoms with van der Waals surface area (Å²) in [7, 11) is -3.51. The van der Waals surface area contributed by atoms with E-state index in [4.69, 9.17) is 4.98 Å². The fourth-order valence-electron chi connectivity index (χ4n) is 5.04. The molecule has 0 saturated carbocycles. The van der Waals surface area contributed by atoms with Gasteiger partial charge in [0, 0.05) is 46.9 Å². The number of fused-ring (bicyclic) bond motifs is 2. The highest BCUT2D eigenvalue weighted by molar-refractivity contribution is 7.90. The molecule has 3 aromatic heterocycles. The second-order valence-corrected chi connectivity index (χ2v) is 12.8. The van der Waals surface area contributed by atoms with Crippen molar-refractivity contribution in [3.05, 3.63) is 61.1 Å². The van der Waals surface area contributed by atoms with E-state index >= 15 is 0 Å². The number of hydrogen-bond donors (Lipinski definition) is 2. The summed E-state index contributed by atoms with van der Waals surface area (Å²) < 4.78 is 28.9. The van der Waals surface area contributed by atoms with Crippen LogP contribution in [0.2, 0.25) is 0 Å². The molecule has 2 aromatic carbocycles. The van der Waals surface area contributed by atoms with E-state index in [-0.39, 0.29) is 17.6 Å². The first-order chi connectivity index (χ1) is 20.6. The molecule has 5 rings (SSSR count). The first-order valence-electron chi connectivity index (χ1n) is 14.6. The Morgan fingerprint density at radius 3 is 2.56 bits per heavy atom. The number of nitrogens with zero attached hydrogens (tertiary/aromatic N) is 6. The topological polar surface area (TPSA) is 127 Å². The van der Waals surface area contributed by atoms with Gasteiger partial charge in [-0.25, -0.2) is 22.4 Å². The number of nitrogens with one attached hydrogen (secondary N) is 2. The number of amides is 1. The lowest BCUT2D eigenvalue weighted by molar-refractivity contribution is -0.118. The zero-order valence-corrected chi connectivity index (χ0v) is 26.0. The average molecular weight is 603 g/mol. The van der Waals surface area contributed by atoms with E-state index in [1.54, 1.807) is 37.6 Å². The summed E-state index contributed by atoms with van der Waals surface area (Å²) in [6.45, 7) is 13.1. The van der Waals surface area contributed by atoms with Gasteiger partial charge in [0.25, 0.3) is 0 Å². The molecule has 0 fully saturated rings. The van der Waals surface area contributed by atoms with Gasteiger partial charge in [-0.3, -0.25) is 9.48 Å². The second-order valence-electron chi connectivity index (χ2n) is 10.6. The van der Waals surface area contributed by atoms with Crippen LogP contribution in [0.25, 0.3) is 33.1 Å². The fourth-order valence-corrected chi connectivity index (χ4v) is 6.05. The summed E-state index contributed by atoms with van der Waals surface area (Å²) in [5.74, 6) is 0.0254. The van der Waals surface area contributed by atoms with Crippen molar-refractivity contribution < 1.29 is 13.2 Å². The van der Waals surface area contributed by atoms with Crippen LogP contribution in [0.4, 0.5) is 17.3 Å². The molecule has 0 bridgehead atoms. The molecule has 0 aliphatic rings. The first-order valence-corrected chi connectivity index (χ1v) is 16.2. The van der Waals surface area contributed by atoms with Crippen molar-refractivity contribution >= 4 is 55.1 Å². The number of hydrogen-bond acceptors (Lipinski definition) is 8. The predicted octanol–water partition coefficient (Wildman–Crippen LogP) is 5.33. The van der Waals surface area contributed by atoms with Crippen LogP contribution in [0.1, 0.15) is 34.6 Å². The van der Waals surface area contributed by atoms with Gasteiger partial charge in [-0.15, -0.1) is 0 Å². The molecule has 5 aromatic rings. The van der Waals surface area contributed by atoms with E-state index in [9.17, 15) is 13.2 Å². The third-order valence-corrected chi connectivity index (χ3v) is 9.20. The van der Waals surface area contributed by atoms with Gasteiger partial charge in [-0.1, -0.05) is 45.9 Å². The number of carbonyl (C=O) groups is 1. The molecule has 0 aliphatic heterocycles. The van der Waals surface area contributed by atoms with Gasteiger partial charge in [0.05, 0.1) is 40.9 Å². The highest BCUT2D eigenvalue weighted by atomic mass is 32.2. The van der Waals surface area contributed by atoms with Crippen molar-refractivity contribution in [2.45, 2.75) is 41.2 Å². The lowest BCUT2D eigenvalue weighted by Crippen LogP contribution is -2.27. The number of likely N-dealkylation sites (N-methyl/N-ethyl adjacent to an activating group) is 1. The van der Waals surface area contributed by atoms with Gasteiger partial charge >= 0.3 is 0 Å². The number of benzene rings is 2. The lowest BCUT2D eigenvalue weighted by atomic mass is 10.1. The largest absolute Gasteiger partial charge is 0.324 e. The summed E-state index contributed by atoms with van der Waals surface area (Å²) >= 11 is 0. The minimum absolute atomic E-state index is 0.0219. The Hall–Kier alpha value is -4.29. The van der Waals surface area contributed by atoms with Crippen LogP contribution < -0.4 is 10.6 Å². The van der Waals surface area contributed by atoms with E-state index in [2.05, 4.69) is 39.5 Å². The Kier molecular flexibility index (Phi) is 8.79. The first kappa shape index (κ1) is 30.2. The molecule has 0 radical (unpaired) electrons. The average Bonchev–Trinajstić information content (AvgIpc) is 3.60. The highest BCUT2D eigenvalue weighted by Gasteiger charge is 2.20. The zero-order valence-electron chi connectivity index (χ0n) is 25.2. The Labute approximate surface area is 252 Å². The molecule has 12 heteroatoms. The Balaban J connectivity index is 1.52. The van der Waals surface area contributed by atoms with E-state index in [0.717, 1.165) is 35.9 Å². The maximum Gasteiger partial charge on any atom is 0.238 e. The minimum atomic E-state index is -3.51. The van der Waals surface area contributed by atoms with Gasteiger partial charge in [-0.05, 0) is 44.3 Å². The monoisotopic (exact) mass is 602 g/mol. The number of rotatable bonds is 12. The SMILES string of the molecule is CCN(CC)CCn1ncc2cc(Nc3nccc(-c4cn(S(=O)(=O)CC)c5ccccc45)n3)cc(NC(=O)C(C)C)c21. The highest BCUT2D eigenvalue weighted by Crippen LogP contribution is 2.33. The number of carbonyl (C=O) groups excluding carboxylic acids is 1. The third kappa shape index (κ3) is 6.25. The van der Waals surface area contributed by atoms with Crippen LogP contribution in [-0.2, 0) is 21.4 Å². The normalized spacial score (nSPS) is 12.1. The van der Waals surface area contributed by atoms with Crippen molar-refractivity contribution in [3.8, 4) is 11.3 Å². The van der Waals surface area contributed by atoms with Crippen molar-refractivity contribution in [2.24, 2.45) is 5.92 Å². The standard InChI is InChI=1S/C31H38N8O3S/c1-6-37(7-2)15-16-38-29-22(19-33-38)17-23(18-27(29)35-30(40)21(4)5)34-31-32-14-13-26(36-31)25-20-39(43(41,42)8-3)28-12-10-9-11-24(25)28/h9-14,17-21H,6-8,15-16H2,1-5H3,(H,35,40)(H,32,34,36). The minimum Gasteiger partial charge on any atom is -0.324 e. The molecule has 0 spiro atoms. The Morgan fingerprint density at radius 1 is 1.07 bits per heavy atom. The molecule has 11 nitrogen and oxygen atoms in total. The predicted molar refractivity (Wildman–Crippen MR) is 172 cm³/mol. The zero-order chi connectivity index (χ0) is 30.7. The van der Waals surface area contributed by atoms with E-state index in [0.29, 0.717) is 40.6 Å². The number of anilines is 3. The van der Waals surface area contributed by atoms with Crippen molar-refractivity contribution in [1.82, 2.24) is 28.6 Å². The molecule has 0 aliphatic carbocycles. The quantitative estimate of drug-likeness (QED) is 0.196. The molecule has 2 N–H and O–H groups in total. The van der Waals surface area contributed by atoms with Crippen LogP contribution in [-0.4, -0.2) is 68.3 Å². The molecule has 1 amide bonds. The maximum atomic E-state index is 12.8. The van der Waals surface area contributed by atoms with E-state index in [1.165, 1.54) is 3.97 Å². The molecule has 0 unspecified atom stereocenters. The van der Waals surface area contributed by atoms with Crippen LogP contribution in [0.15, 0.2) is 61.1 Å². The van der Waals surface area contributed by atoms with Gasteiger partial charge < -0.3 is 15.5 Å². The second kappa shape index (κ2) is 12.5. The molecule has 0 saturated heterocycles. The Bertz CT molecular complexity index is 1870. The number of aromatic nitrogens is 5. The summed E-state index contributed by atoms with van der Waals surface area (Å²) in [6, 6.07) is 12.9. The van der Waals surface area contributed by atoms with Gasteiger partial charge in [0.15, 0.2) is 0 Å². The fraction of sp³-hybridized carbons (Fsp3) is 0.355. The summed E-state index contributed by atoms with van der Waals surface area (Å²) in [5, 5.41) is 12.6. The molecular formula is C31H38N8O3S. The van der Waals surface area contributed by atoms with Crippen molar-refractivity contribution in [3.63, 3.8) is 0 Å². The van der Waals surface area contributed by atoms with Gasteiger partial charge in [0.2, 0.25) is 21.9 Å². The smallest absolute Gasteiger partial charge is 0.238 e. The summed E-state index contributed by atoms with van der Waals surface area (Å²) in [6.07, 6.45) is 5.05. The number of para-hydroxylation sites is 1. The summed E-state index contributed by atoms with van der Waals surface area (Å²) in [4.78, 5) is 24.3. The third-order valence-electron chi connectivity index (χ3n) is 7.57. The molecule has 226 valence electrons. The molecule has 0 atom stereocenters. The van der Waals surface area contributed by atoms with Gasteiger partial charge in [-0.2, -0.15) is 5.10 Å². The van der Waals surface area contributed by atoms with E-state index < -0.39 is 10.0 Å². The van der Waals surface area contributed by atoms with Crippen molar-refractivity contribution in [2.75, 3.05) is 36.0 Å². The van der Waals surface area contributed by atoms with Crippen LogP contribution in [0, 0.1) is 5.92 Å². The van der Waals surface area contributed by atoms with Crippen LogP contribution >= 0.6 is 0 Å².